The Kier molecular flexibility index (Phi) is 10.4. The fourth-order valence-electron chi connectivity index (χ4n) is 11.5. The van der Waals surface area contributed by atoms with E-state index in [1.54, 1.807) is 0 Å². The first-order chi connectivity index (χ1) is 33.7. The Labute approximate surface area is 410 Å². The highest BCUT2D eigenvalue weighted by atomic mass is 15.0. The van der Waals surface area contributed by atoms with Crippen molar-refractivity contribution < 1.29 is 0 Å². The maximum atomic E-state index is 2.58. The second-order valence-corrected chi connectivity index (χ2v) is 19.1. The zero-order valence-electron chi connectivity index (χ0n) is 40.4. The zero-order chi connectivity index (χ0) is 47.1. The SMILES string of the molecule is Bc1c(B)c(B)c2c(c1B)c1c(B)c(-c3ccc4c(c3)c3cccc(-c5ccccc5)c3n4-c3ccc(-c4ccccc4)cc3)c(B)c(B)c1n2-c1ccc(-c2ccc(-c3ccccc3)cc2)cc1. The van der Waals surface area contributed by atoms with Gasteiger partial charge in [-0.1, -0.05) is 197 Å². The number of benzene rings is 10. The van der Waals surface area contributed by atoms with Crippen LogP contribution < -0.4 is 38.2 Å². The Morgan fingerprint density at radius 1 is 0.261 bits per heavy atom. The van der Waals surface area contributed by atoms with Gasteiger partial charge >= 0.3 is 0 Å². The van der Waals surface area contributed by atoms with E-state index >= 15 is 0 Å². The van der Waals surface area contributed by atoms with Crippen LogP contribution in [0.2, 0.25) is 0 Å². The summed E-state index contributed by atoms with van der Waals surface area (Å²) in [4.78, 5) is 0. The quantitative estimate of drug-likeness (QED) is 0.215. The second kappa shape index (κ2) is 16.8. The first kappa shape index (κ1) is 42.6. The summed E-state index contributed by atoms with van der Waals surface area (Å²) in [5, 5.41) is 5.20. The lowest BCUT2D eigenvalue weighted by atomic mass is 9.64. The van der Waals surface area contributed by atoms with Crippen molar-refractivity contribution in [1.29, 1.82) is 0 Å². The van der Waals surface area contributed by atoms with Crippen molar-refractivity contribution in [2.45, 2.75) is 0 Å². The maximum absolute atomic E-state index is 2.58. The highest BCUT2D eigenvalue weighted by Gasteiger charge is 2.26. The standard InChI is InChI=1S/C60H47B7N2/c61-51-48(41-27-32-47-46(33-41)45-18-10-17-44(40-15-8-3-9-16-40)58(45)68(47)42-28-23-38(24-29-42)35-13-6-2-7-14-35)52(62)56(66)59-49(51)50-53(63)54(64)55(65)57(67)60(50)69(59)43-30-25-39(26-31-43)37-21-19-36(20-22-37)34-11-4-1-5-12-34/h1-33H,61-67H2. The van der Waals surface area contributed by atoms with Gasteiger partial charge in [0.25, 0.3) is 0 Å². The van der Waals surface area contributed by atoms with E-state index in [0.29, 0.717) is 0 Å². The molecule has 0 N–H and O–H groups in total. The Balaban J connectivity index is 1.05. The molecule has 12 rings (SSSR count). The molecule has 0 saturated carbocycles. The van der Waals surface area contributed by atoms with E-state index in [-0.39, 0.29) is 0 Å². The molecule has 0 amide bonds. The van der Waals surface area contributed by atoms with E-state index in [1.807, 2.05) is 0 Å². The third kappa shape index (κ3) is 6.81. The molecule has 12 aromatic rings. The van der Waals surface area contributed by atoms with Crippen LogP contribution in [0.1, 0.15) is 0 Å². The summed E-state index contributed by atoms with van der Waals surface area (Å²) in [6, 6.07) is 73.4. The summed E-state index contributed by atoms with van der Waals surface area (Å²) in [5.41, 5.74) is 29.0. The highest BCUT2D eigenvalue weighted by molar-refractivity contribution is 6.69. The Morgan fingerprint density at radius 2 is 0.681 bits per heavy atom. The Bertz CT molecular complexity index is 3980. The number of rotatable bonds is 7. The Hall–Kier alpha value is -7.75. The molecule has 10 aromatic carbocycles. The summed E-state index contributed by atoms with van der Waals surface area (Å²) < 4.78 is 5.06. The predicted octanol–water partition coefficient (Wildman–Crippen LogP) is 4.02. The number of nitrogens with zero attached hydrogens (tertiary/aromatic N) is 2. The fourth-order valence-corrected chi connectivity index (χ4v) is 11.5. The molecule has 0 bridgehead atoms. The summed E-state index contributed by atoms with van der Waals surface area (Å²) in [7, 11) is 16.3. The van der Waals surface area contributed by atoms with Crippen molar-refractivity contribution >= 4 is 137 Å². The minimum atomic E-state index is 1.15. The molecule has 0 unspecified atom stereocenters. The molecule has 0 saturated heterocycles. The van der Waals surface area contributed by atoms with Gasteiger partial charge < -0.3 is 9.13 Å². The van der Waals surface area contributed by atoms with Gasteiger partial charge in [-0.25, -0.2) is 0 Å². The van der Waals surface area contributed by atoms with Crippen LogP contribution in [0, 0.1) is 0 Å². The van der Waals surface area contributed by atoms with Crippen LogP contribution in [0.15, 0.2) is 200 Å². The number of aromatic nitrogens is 2. The number of hydrogen-bond donors (Lipinski definition) is 0. The molecular formula is C60H47B7N2. The van der Waals surface area contributed by atoms with Gasteiger partial charge in [0.15, 0.2) is 0 Å². The molecule has 0 radical (unpaired) electrons. The number of hydrogen-bond acceptors (Lipinski definition) is 0. The highest BCUT2D eigenvalue weighted by Crippen LogP contribution is 2.40. The molecular weight excluding hydrogens is 824 g/mol. The van der Waals surface area contributed by atoms with Crippen molar-refractivity contribution in [2.24, 2.45) is 0 Å². The van der Waals surface area contributed by atoms with Crippen molar-refractivity contribution in [1.82, 2.24) is 9.13 Å². The smallest absolute Gasteiger partial charge is 0.141 e. The normalized spacial score (nSPS) is 11.6. The zero-order valence-corrected chi connectivity index (χ0v) is 40.4. The molecule has 0 aliphatic rings. The van der Waals surface area contributed by atoms with Gasteiger partial charge in [-0.3, -0.25) is 0 Å². The monoisotopic (exact) mass is 872 g/mol. The van der Waals surface area contributed by atoms with Crippen LogP contribution >= 0.6 is 0 Å². The van der Waals surface area contributed by atoms with E-state index in [2.05, 4.69) is 264 Å². The molecule has 2 nitrogen and oxygen atoms in total. The van der Waals surface area contributed by atoms with Gasteiger partial charge in [-0.2, -0.15) is 0 Å². The lowest BCUT2D eigenvalue weighted by Gasteiger charge is -2.19. The van der Waals surface area contributed by atoms with E-state index in [0.717, 1.165) is 5.69 Å². The number of fused-ring (bicyclic) bond motifs is 6. The first-order valence-electron chi connectivity index (χ1n) is 24.3. The van der Waals surface area contributed by atoms with Crippen LogP contribution in [0.3, 0.4) is 0 Å². The van der Waals surface area contributed by atoms with Crippen molar-refractivity contribution in [3.63, 3.8) is 0 Å². The van der Waals surface area contributed by atoms with Gasteiger partial charge in [0.05, 0.1) is 11.0 Å². The molecule has 69 heavy (non-hydrogen) atoms. The third-order valence-corrected chi connectivity index (χ3v) is 15.5. The van der Waals surface area contributed by atoms with Crippen LogP contribution in [-0.4, -0.2) is 64.1 Å². The third-order valence-electron chi connectivity index (χ3n) is 15.5. The maximum Gasteiger partial charge on any atom is 0.141 e. The largest absolute Gasteiger partial charge is 0.310 e. The molecule has 0 aliphatic heterocycles. The lowest BCUT2D eigenvalue weighted by Crippen LogP contribution is -2.48. The second-order valence-electron chi connectivity index (χ2n) is 19.1. The average Bonchev–Trinajstić information content (AvgIpc) is 3.94. The predicted molar refractivity (Wildman–Crippen MR) is 320 cm³/mol. The first-order valence-corrected chi connectivity index (χ1v) is 24.3. The summed E-state index contributed by atoms with van der Waals surface area (Å²) in [6.07, 6.45) is 0. The number of para-hydroxylation sites is 1. The van der Waals surface area contributed by atoms with Crippen LogP contribution in [-0.2, 0) is 0 Å². The van der Waals surface area contributed by atoms with Crippen molar-refractivity contribution in [3.05, 3.63) is 200 Å². The summed E-state index contributed by atoms with van der Waals surface area (Å²) in [5.74, 6) is 0. The van der Waals surface area contributed by atoms with Crippen LogP contribution in [0.4, 0.5) is 0 Å². The summed E-state index contributed by atoms with van der Waals surface area (Å²) >= 11 is 0. The van der Waals surface area contributed by atoms with Gasteiger partial charge in [-0.05, 0) is 91.9 Å². The minimum absolute atomic E-state index is 1.15. The molecule has 0 fully saturated rings. The van der Waals surface area contributed by atoms with E-state index in [1.165, 1.54) is 143 Å². The van der Waals surface area contributed by atoms with Gasteiger partial charge in [0.2, 0.25) is 0 Å². The molecule has 318 valence electrons. The minimum Gasteiger partial charge on any atom is -0.310 e. The van der Waals surface area contributed by atoms with Crippen LogP contribution in [0.25, 0.3) is 111 Å². The molecule has 0 spiro atoms. The van der Waals surface area contributed by atoms with E-state index < -0.39 is 0 Å². The molecule has 2 aromatic heterocycles. The van der Waals surface area contributed by atoms with E-state index in [9.17, 15) is 0 Å². The van der Waals surface area contributed by atoms with Crippen molar-refractivity contribution in [3.8, 4) is 67.0 Å². The van der Waals surface area contributed by atoms with Gasteiger partial charge in [0, 0.05) is 44.1 Å². The van der Waals surface area contributed by atoms with Gasteiger partial charge in [-0.15, -0.1) is 5.46 Å². The van der Waals surface area contributed by atoms with Gasteiger partial charge in [0.1, 0.15) is 54.9 Å². The molecule has 0 atom stereocenters. The molecule has 2 heterocycles. The fraction of sp³-hybridized carbons (Fsp3) is 0. The molecule has 0 aliphatic carbocycles. The Morgan fingerprint density at radius 3 is 1.22 bits per heavy atom. The lowest BCUT2D eigenvalue weighted by molar-refractivity contribution is 1.18. The van der Waals surface area contributed by atoms with Crippen LogP contribution in [0.5, 0.6) is 0 Å². The van der Waals surface area contributed by atoms with Crippen molar-refractivity contribution in [2.75, 3.05) is 0 Å². The average molecular weight is 872 g/mol. The summed E-state index contributed by atoms with van der Waals surface area (Å²) in [6.45, 7) is 0. The molecule has 9 heteroatoms. The van der Waals surface area contributed by atoms with E-state index in [4.69, 9.17) is 0 Å². The topological polar surface area (TPSA) is 9.86 Å².